The molecule has 4 heteroatoms. The van der Waals surface area contributed by atoms with Crippen LogP contribution in [0, 0.1) is 0 Å². The molecule has 0 spiro atoms. The summed E-state index contributed by atoms with van der Waals surface area (Å²) in [6.07, 6.45) is 2.02. The highest BCUT2D eigenvalue weighted by atomic mass is 32.2. The lowest BCUT2D eigenvalue weighted by Crippen LogP contribution is -1.98. The van der Waals surface area contributed by atoms with E-state index in [1.54, 1.807) is 0 Å². The molecule has 7 aromatic rings. The number of para-hydroxylation sites is 2. The molecule has 0 saturated carbocycles. The zero-order chi connectivity index (χ0) is 25.8. The molecule has 0 N–H and O–H groups in total. The Balaban J connectivity index is 1.31. The van der Waals surface area contributed by atoms with Crippen molar-refractivity contribution in [3.63, 3.8) is 0 Å². The standard InChI is InChI=1S/C35H21N3S/c1-2-9-23(10-3-1)34-35(38-28-13-6-5-12-27(28)37-34)24-19-17-22(18-20-24)26-21-36-29-14-8-16-31-33(29)32(26)25-11-4-7-15-30(25)39-31/h1-21H. The quantitative estimate of drug-likeness (QED) is 0.235. The van der Waals surface area contributed by atoms with E-state index in [1.807, 2.05) is 60.4 Å². The Morgan fingerprint density at radius 2 is 1.03 bits per heavy atom. The lowest BCUT2D eigenvalue weighted by molar-refractivity contribution is 1.29. The summed E-state index contributed by atoms with van der Waals surface area (Å²) in [5, 5.41) is 1.23. The van der Waals surface area contributed by atoms with Crippen LogP contribution in [-0.4, -0.2) is 15.0 Å². The summed E-state index contributed by atoms with van der Waals surface area (Å²) in [4.78, 5) is 17.5. The van der Waals surface area contributed by atoms with Crippen LogP contribution in [0.25, 0.3) is 66.7 Å². The Bertz CT molecular complexity index is 2030. The Morgan fingerprint density at radius 3 is 1.79 bits per heavy atom. The number of rotatable bonds is 3. The molecule has 182 valence electrons. The van der Waals surface area contributed by atoms with Crippen molar-refractivity contribution in [1.82, 2.24) is 15.0 Å². The van der Waals surface area contributed by atoms with Crippen LogP contribution >= 0.6 is 11.8 Å². The summed E-state index contributed by atoms with van der Waals surface area (Å²) in [7, 11) is 0. The van der Waals surface area contributed by atoms with Crippen molar-refractivity contribution in [2.24, 2.45) is 0 Å². The molecule has 0 unspecified atom stereocenters. The summed E-state index contributed by atoms with van der Waals surface area (Å²) in [5.74, 6) is 0. The normalized spacial score (nSPS) is 12.0. The van der Waals surface area contributed by atoms with Gasteiger partial charge < -0.3 is 0 Å². The Hall–Kier alpha value is -4.80. The number of benzene rings is 5. The van der Waals surface area contributed by atoms with Crippen molar-refractivity contribution in [3.05, 3.63) is 128 Å². The second kappa shape index (κ2) is 8.90. The average Bonchev–Trinajstić information content (AvgIpc) is 3.01. The van der Waals surface area contributed by atoms with Gasteiger partial charge in [-0.05, 0) is 41.5 Å². The summed E-state index contributed by atoms with van der Waals surface area (Å²) in [6, 6.07) is 42.1. The number of hydrogen-bond donors (Lipinski definition) is 0. The van der Waals surface area contributed by atoms with E-state index in [1.165, 1.54) is 26.3 Å². The summed E-state index contributed by atoms with van der Waals surface area (Å²) in [6.45, 7) is 0. The fraction of sp³-hybridized carbons (Fsp3) is 0. The van der Waals surface area contributed by atoms with Crippen LogP contribution in [-0.2, 0) is 0 Å². The van der Waals surface area contributed by atoms with E-state index in [-0.39, 0.29) is 0 Å². The largest absolute Gasteiger partial charge is 0.256 e. The molecule has 1 aliphatic heterocycles. The van der Waals surface area contributed by atoms with E-state index in [2.05, 4.69) is 78.9 Å². The first kappa shape index (κ1) is 22.2. The van der Waals surface area contributed by atoms with Crippen molar-refractivity contribution in [1.29, 1.82) is 0 Å². The van der Waals surface area contributed by atoms with Crippen LogP contribution in [0.1, 0.15) is 0 Å². The molecule has 39 heavy (non-hydrogen) atoms. The first-order chi connectivity index (χ1) is 19.3. The minimum atomic E-state index is 0.883. The smallest absolute Gasteiger partial charge is 0.0973 e. The highest BCUT2D eigenvalue weighted by Gasteiger charge is 2.23. The molecule has 0 saturated heterocycles. The maximum atomic E-state index is 5.07. The molecule has 0 atom stereocenters. The predicted octanol–water partition coefficient (Wildman–Crippen LogP) is 9.31. The van der Waals surface area contributed by atoms with Crippen molar-refractivity contribution < 1.29 is 0 Å². The van der Waals surface area contributed by atoms with Gasteiger partial charge in [0.25, 0.3) is 0 Å². The van der Waals surface area contributed by atoms with Gasteiger partial charge in [-0.15, -0.1) is 0 Å². The monoisotopic (exact) mass is 515 g/mol. The molecule has 8 rings (SSSR count). The van der Waals surface area contributed by atoms with Gasteiger partial charge in [0.2, 0.25) is 0 Å². The zero-order valence-electron chi connectivity index (χ0n) is 20.9. The van der Waals surface area contributed by atoms with E-state index in [4.69, 9.17) is 15.0 Å². The maximum Gasteiger partial charge on any atom is 0.0973 e. The van der Waals surface area contributed by atoms with Crippen LogP contribution < -0.4 is 0 Å². The highest BCUT2D eigenvalue weighted by molar-refractivity contribution is 7.99. The Morgan fingerprint density at radius 1 is 0.436 bits per heavy atom. The second-order valence-electron chi connectivity index (χ2n) is 9.65. The van der Waals surface area contributed by atoms with Crippen molar-refractivity contribution >= 4 is 33.7 Å². The van der Waals surface area contributed by atoms with Crippen LogP contribution in [0.4, 0.5) is 0 Å². The zero-order valence-corrected chi connectivity index (χ0v) is 21.7. The SMILES string of the molecule is c1ccc(-c2nc3ccccc3nc2-c2ccc(-c3cnc4cccc5c4c3-c3ccccc3S5)cc2)cc1. The third-order valence-corrected chi connectivity index (χ3v) is 8.46. The van der Waals surface area contributed by atoms with Gasteiger partial charge in [-0.25, -0.2) is 9.97 Å². The first-order valence-electron chi connectivity index (χ1n) is 13.0. The van der Waals surface area contributed by atoms with Gasteiger partial charge >= 0.3 is 0 Å². The van der Waals surface area contributed by atoms with E-state index < -0.39 is 0 Å². The van der Waals surface area contributed by atoms with Gasteiger partial charge in [-0.2, -0.15) is 0 Å². The van der Waals surface area contributed by atoms with E-state index in [9.17, 15) is 0 Å². The second-order valence-corrected chi connectivity index (χ2v) is 10.7. The number of nitrogens with zero attached hydrogens (tertiary/aromatic N) is 3. The van der Waals surface area contributed by atoms with Crippen LogP contribution in [0.5, 0.6) is 0 Å². The number of pyridine rings is 1. The highest BCUT2D eigenvalue weighted by Crippen LogP contribution is 2.50. The third kappa shape index (κ3) is 3.64. The number of fused-ring (bicyclic) bond motifs is 3. The topological polar surface area (TPSA) is 38.7 Å². The van der Waals surface area contributed by atoms with Gasteiger partial charge in [-0.3, -0.25) is 4.98 Å². The summed E-state index contributed by atoms with van der Waals surface area (Å²) in [5.41, 5.74) is 11.5. The number of hydrogen-bond acceptors (Lipinski definition) is 4. The lowest BCUT2D eigenvalue weighted by atomic mass is 9.91. The maximum absolute atomic E-state index is 5.07. The van der Waals surface area contributed by atoms with Crippen LogP contribution in [0.2, 0.25) is 0 Å². The van der Waals surface area contributed by atoms with Crippen molar-refractivity contribution in [2.75, 3.05) is 0 Å². The molecule has 0 aliphatic carbocycles. The summed E-state index contributed by atoms with van der Waals surface area (Å²) < 4.78 is 0. The lowest BCUT2D eigenvalue weighted by Gasteiger charge is -2.22. The molecular formula is C35H21N3S. The molecule has 1 aliphatic rings. The van der Waals surface area contributed by atoms with Gasteiger partial charge in [0, 0.05) is 43.6 Å². The van der Waals surface area contributed by atoms with Crippen LogP contribution in [0.3, 0.4) is 0 Å². The van der Waals surface area contributed by atoms with Gasteiger partial charge in [-0.1, -0.05) is 103 Å². The molecular weight excluding hydrogens is 494 g/mol. The van der Waals surface area contributed by atoms with Crippen molar-refractivity contribution in [3.8, 4) is 44.8 Å². The molecule has 3 nitrogen and oxygen atoms in total. The molecule has 3 heterocycles. The van der Waals surface area contributed by atoms with E-state index >= 15 is 0 Å². The van der Waals surface area contributed by atoms with Gasteiger partial charge in [0.1, 0.15) is 0 Å². The van der Waals surface area contributed by atoms with E-state index in [0.29, 0.717) is 0 Å². The first-order valence-corrected chi connectivity index (χ1v) is 13.8. The molecule has 0 radical (unpaired) electrons. The fourth-order valence-corrected chi connectivity index (χ4v) is 6.60. The molecule has 2 aromatic heterocycles. The molecule has 5 aromatic carbocycles. The van der Waals surface area contributed by atoms with E-state index in [0.717, 1.165) is 50.2 Å². The predicted molar refractivity (Wildman–Crippen MR) is 161 cm³/mol. The molecule has 0 amide bonds. The Labute approximate surface area is 230 Å². The minimum Gasteiger partial charge on any atom is -0.256 e. The van der Waals surface area contributed by atoms with Gasteiger partial charge in [0.05, 0.1) is 27.9 Å². The molecule has 0 fully saturated rings. The minimum absolute atomic E-state index is 0.883. The fourth-order valence-electron chi connectivity index (χ4n) is 5.48. The average molecular weight is 516 g/mol. The number of aromatic nitrogens is 3. The summed E-state index contributed by atoms with van der Waals surface area (Å²) >= 11 is 1.82. The third-order valence-electron chi connectivity index (χ3n) is 7.32. The van der Waals surface area contributed by atoms with Crippen LogP contribution in [0.15, 0.2) is 137 Å². The van der Waals surface area contributed by atoms with Crippen molar-refractivity contribution in [2.45, 2.75) is 9.79 Å². The Kier molecular flexibility index (Phi) is 5.07. The van der Waals surface area contributed by atoms with Gasteiger partial charge in [0.15, 0.2) is 0 Å². The molecule has 0 bridgehead atoms.